The summed E-state index contributed by atoms with van der Waals surface area (Å²) >= 11 is 5.57. The van der Waals surface area contributed by atoms with Gasteiger partial charge >= 0.3 is 0 Å². The zero-order valence-corrected chi connectivity index (χ0v) is 8.92. The van der Waals surface area contributed by atoms with Gasteiger partial charge in [0.05, 0.1) is 7.11 Å². The third-order valence-electron chi connectivity index (χ3n) is 1.83. The highest BCUT2D eigenvalue weighted by Gasteiger charge is 1.98. The number of nitrogens with two attached hydrogens (primary N) is 1. The molecule has 0 fully saturated rings. The molecule has 0 heterocycles. The van der Waals surface area contributed by atoms with Gasteiger partial charge in [0.1, 0.15) is 5.75 Å². The summed E-state index contributed by atoms with van der Waals surface area (Å²) in [4.78, 5) is 0. The second-order valence-corrected chi connectivity index (χ2v) is 3.26. The van der Waals surface area contributed by atoms with E-state index in [0.717, 1.165) is 23.4 Å². The van der Waals surface area contributed by atoms with E-state index in [9.17, 15) is 0 Å². The van der Waals surface area contributed by atoms with Gasteiger partial charge < -0.3 is 10.5 Å². The molecule has 14 heavy (non-hydrogen) atoms. The fourth-order valence-electron chi connectivity index (χ4n) is 1.16. The molecule has 2 N–H and O–H groups in total. The standard InChI is InChI=1S/C11H14ClNO/c1-14-11-6-5-10(13)8-9(11)4-2-3-7-12/h2,4-6,8H,3,7,13H2,1H3. The van der Waals surface area contributed by atoms with Gasteiger partial charge in [-0.05, 0) is 24.6 Å². The molecule has 1 aromatic carbocycles. The van der Waals surface area contributed by atoms with Crippen LogP contribution in [0.2, 0.25) is 0 Å². The SMILES string of the molecule is COc1ccc(N)cc1C=CCCCl. The number of anilines is 1. The fraction of sp³-hybridized carbons (Fsp3) is 0.273. The number of methoxy groups -OCH3 is 1. The number of hydrogen-bond donors (Lipinski definition) is 1. The number of hydrogen-bond acceptors (Lipinski definition) is 2. The number of alkyl halides is 1. The maximum Gasteiger partial charge on any atom is 0.126 e. The van der Waals surface area contributed by atoms with Crippen LogP contribution in [-0.4, -0.2) is 13.0 Å². The Labute approximate surface area is 89.3 Å². The molecule has 0 bridgehead atoms. The van der Waals surface area contributed by atoms with Crippen LogP contribution in [0.1, 0.15) is 12.0 Å². The Bertz CT molecular complexity index is 323. The Morgan fingerprint density at radius 1 is 1.50 bits per heavy atom. The van der Waals surface area contributed by atoms with Crippen molar-refractivity contribution in [2.24, 2.45) is 0 Å². The van der Waals surface area contributed by atoms with Gasteiger partial charge in [0.25, 0.3) is 0 Å². The van der Waals surface area contributed by atoms with Crippen molar-refractivity contribution in [3.8, 4) is 5.75 Å². The monoisotopic (exact) mass is 211 g/mol. The van der Waals surface area contributed by atoms with E-state index >= 15 is 0 Å². The van der Waals surface area contributed by atoms with E-state index in [0.29, 0.717) is 5.88 Å². The lowest BCUT2D eigenvalue weighted by atomic mass is 10.1. The van der Waals surface area contributed by atoms with Crippen molar-refractivity contribution in [2.45, 2.75) is 6.42 Å². The quantitative estimate of drug-likeness (QED) is 0.614. The Kier molecular flexibility index (Phi) is 4.33. The van der Waals surface area contributed by atoms with E-state index in [2.05, 4.69) is 0 Å². The largest absolute Gasteiger partial charge is 0.496 e. The van der Waals surface area contributed by atoms with E-state index in [1.165, 1.54) is 0 Å². The minimum atomic E-state index is 0.626. The normalized spacial score (nSPS) is 10.7. The third kappa shape index (κ3) is 2.96. The van der Waals surface area contributed by atoms with E-state index < -0.39 is 0 Å². The van der Waals surface area contributed by atoms with E-state index in [-0.39, 0.29) is 0 Å². The Morgan fingerprint density at radius 2 is 2.29 bits per heavy atom. The van der Waals surface area contributed by atoms with Crippen LogP contribution in [0, 0.1) is 0 Å². The maximum atomic E-state index is 5.67. The molecule has 0 unspecified atom stereocenters. The van der Waals surface area contributed by atoms with Crippen LogP contribution in [0.15, 0.2) is 24.3 Å². The summed E-state index contributed by atoms with van der Waals surface area (Å²) in [5.74, 6) is 1.45. The number of ether oxygens (including phenoxy) is 1. The minimum absolute atomic E-state index is 0.626. The van der Waals surface area contributed by atoms with Gasteiger partial charge in [0.15, 0.2) is 0 Å². The summed E-state index contributed by atoms with van der Waals surface area (Å²) in [5, 5.41) is 0. The van der Waals surface area contributed by atoms with Crippen LogP contribution in [0.25, 0.3) is 6.08 Å². The average molecular weight is 212 g/mol. The zero-order chi connectivity index (χ0) is 10.4. The number of allylic oxidation sites excluding steroid dienone is 1. The molecule has 0 aromatic heterocycles. The predicted octanol–water partition coefficient (Wildman–Crippen LogP) is 2.92. The minimum Gasteiger partial charge on any atom is -0.496 e. The first-order valence-electron chi connectivity index (χ1n) is 4.44. The topological polar surface area (TPSA) is 35.2 Å². The van der Waals surface area contributed by atoms with Gasteiger partial charge in [-0.3, -0.25) is 0 Å². The van der Waals surface area contributed by atoms with E-state index in [1.54, 1.807) is 7.11 Å². The molecule has 0 atom stereocenters. The van der Waals surface area contributed by atoms with Crippen LogP contribution in [0.4, 0.5) is 5.69 Å². The van der Waals surface area contributed by atoms with Crippen LogP contribution in [-0.2, 0) is 0 Å². The van der Waals surface area contributed by atoms with E-state index in [4.69, 9.17) is 22.1 Å². The molecule has 76 valence electrons. The summed E-state index contributed by atoms with van der Waals surface area (Å²) in [5.41, 5.74) is 7.39. The molecule has 0 amide bonds. The highest BCUT2D eigenvalue weighted by atomic mass is 35.5. The van der Waals surface area contributed by atoms with Crippen molar-refractivity contribution in [1.29, 1.82) is 0 Å². The van der Waals surface area contributed by atoms with Gasteiger partial charge in [0.2, 0.25) is 0 Å². The zero-order valence-electron chi connectivity index (χ0n) is 8.16. The molecule has 2 nitrogen and oxygen atoms in total. The van der Waals surface area contributed by atoms with Crippen molar-refractivity contribution < 1.29 is 4.74 Å². The number of benzene rings is 1. The van der Waals surface area contributed by atoms with Crippen molar-refractivity contribution >= 4 is 23.4 Å². The van der Waals surface area contributed by atoms with Gasteiger partial charge in [0, 0.05) is 17.1 Å². The summed E-state index contributed by atoms with van der Waals surface area (Å²) in [6.07, 6.45) is 4.82. The Morgan fingerprint density at radius 3 is 2.93 bits per heavy atom. The molecule has 0 aliphatic rings. The number of nitrogen functional groups attached to an aromatic ring is 1. The number of rotatable bonds is 4. The van der Waals surface area contributed by atoms with Crippen LogP contribution in [0.5, 0.6) is 5.75 Å². The van der Waals surface area contributed by atoms with Crippen molar-refractivity contribution in [1.82, 2.24) is 0 Å². The molecule has 0 radical (unpaired) electrons. The average Bonchev–Trinajstić information content (AvgIpc) is 2.19. The molecule has 1 rings (SSSR count). The highest BCUT2D eigenvalue weighted by molar-refractivity contribution is 6.17. The van der Waals surface area contributed by atoms with Crippen molar-refractivity contribution in [3.63, 3.8) is 0 Å². The molecular formula is C11H14ClNO. The molecule has 0 aliphatic heterocycles. The molecule has 1 aromatic rings. The predicted molar refractivity (Wildman–Crippen MR) is 61.8 cm³/mol. The van der Waals surface area contributed by atoms with Gasteiger partial charge in [-0.15, -0.1) is 11.6 Å². The van der Waals surface area contributed by atoms with Crippen molar-refractivity contribution in [3.05, 3.63) is 29.8 Å². The third-order valence-corrected chi connectivity index (χ3v) is 2.05. The number of halogens is 1. The van der Waals surface area contributed by atoms with Crippen molar-refractivity contribution in [2.75, 3.05) is 18.7 Å². The van der Waals surface area contributed by atoms with Gasteiger partial charge in [-0.1, -0.05) is 12.2 Å². The smallest absolute Gasteiger partial charge is 0.126 e. The lowest BCUT2D eigenvalue weighted by Gasteiger charge is -2.05. The van der Waals surface area contributed by atoms with E-state index in [1.807, 2.05) is 30.4 Å². The van der Waals surface area contributed by atoms with Crippen LogP contribution < -0.4 is 10.5 Å². The molecule has 0 saturated carbocycles. The maximum absolute atomic E-state index is 5.67. The second-order valence-electron chi connectivity index (χ2n) is 2.88. The second kappa shape index (κ2) is 5.55. The molecule has 0 spiro atoms. The Balaban J connectivity index is 2.87. The lowest BCUT2D eigenvalue weighted by molar-refractivity contribution is 0.414. The van der Waals surface area contributed by atoms with Gasteiger partial charge in [-0.2, -0.15) is 0 Å². The molecule has 0 saturated heterocycles. The van der Waals surface area contributed by atoms with Crippen LogP contribution >= 0.6 is 11.6 Å². The highest BCUT2D eigenvalue weighted by Crippen LogP contribution is 2.22. The first-order valence-corrected chi connectivity index (χ1v) is 4.97. The summed E-state index contributed by atoms with van der Waals surface area (Å²) in [7, 11) is 1.64. The fourth-order valence-corrected chi connectivity index (χ4v) is 1.28. The molecule has 3 heteroatoms. The Hall–Kier alpha value is -1.15. The summed E-state index contributed by atoms with van der Waals surface area (Å²) in [6.45, 7) is 0. The van der Waals surface area contributed by atoms with Crippen LogP contribution in [0.3, 0.4) is 0 Å². The molecule has 0 aliphatic carbocycles. The first-order chi connectivity index (χ1) is 6.77. The lowest BCUT2D eigenvalue weighted by Crippen LogP contribution is -1.90. The van der Waals surface area contributed by atoms with Gasteiger partial charge in [-0.25, -0.2) is 0 Å². The first kappa shape index (κ1) is 10.9. The summed E-state index contributed by atoms with van der Waals surface area (Å²) in [6, 6.07) is 5.55. The molecular weight excluding hydrogens is 198 g/mol. The summed E-state index contributed by atoms with van der Waals surface area (Å²) < 4.78 is 5.19.